The van der Waals surface area contributed by atoms with Gasteiger partial charge in [0.25, 0.3) is 0 Å². The van der Waals surface area contributed by atoms with Crippen LogP contribution in [0.4, 0.5) is 0 Å². The van der Waals surface area contributed by atoms with Crippen LogP contribution in [-0.4, -0.2) is 24.5 Å². The second-order valence-corrected chi connectivity index (χ2v) is 5.18. The first-order chi connectivity index (χ1) is 6.56. The molecule has 0 aliphatic carbocycles. The molecule has 14 heavy (non-hydrogen) atoms. The summed E-state index contributed by atoms with van der Waals surface area (Å²) in [6, 6.07) is 0. The summed E-state index contributed by atoms with van der Waals surface area (Å²) in [7, 11) is 0. The van der Waals surface area contributed by atoms with Crippen LogP contribution in [0, 0.1) is 11.8 Å². The van der Waals surface area contributed by atoms with Crippen molar-refractivity contribution in [3.8, 4) is 0 Å². The van der Waals surface area contributed by atoms with E-state index >= 15 is 0 Å². The van der Waals surface area contributed by atoms with Crippen molar-refractivity contribution in [2.24, 2.45) is 11.8 Å². The van der Waals surface area contributed by atoms with E-state index in [1.54, 1.807) is 0 Å². The summed E-state index contributed by atoms with van der Waals surface area (Å²) in [5.41, 5.74) is 0. The molecule has 0 aliphatic rings. The predicted molar refractivity (Wildman–Crippen MR) is 65.6 cm³/mol. The van der Waals surface area contributed by atoms with Gasteiger partial charge < -0.3 is 4.90 Å². The Labute approximate surface area is 90.9 Å². The van der Waals surface area contributed by atoms with Crippen LogP contribution >= 0.6 is 0 Å². The topological polar surface area (TPSA) is 3.24 Å². The van der Waals surface area contributed by atoms with E-state index in [2.05, 4.69) is 39.5 Å². The van der Waals surface area contributed by atoms with E-state index in [1.807, 2.05) is 0 Å². The third-order valence-electron chi connectivity index (χ3n) is 2.58. The van der Waals surface area contributed by atoms with E-state index in [-0.39, 0.29) is 0 Å². The molecule has 0 aromatic carbocycles. The first kappa shape index (κ1) is 14.0. The molecule has 0 radical (unpaired) electrons. The van der Waals surface area contributed by atoms with Gasteiger partial charge in [0.2, 0.25) is 0 Å². The van der Waals surface area contributed by atoms with Gasteiger partial charge in [-0.2, -0.15) is 0 Å². The lowest BCUT2D eigenvalue weighted by atomic mass is 10.1. The van der Waals surface area contributed by atoms with E-state index in [4.69, 9.17) is 0 Å². The number of rotatable bonds is 8. The van der Waals surface area contributed by atoms with Gasteiger partial charge in [-0.3, -0.25) is 0 Å². The molecule has 0 spiro atoms. The Bertz CT molecular complexity index is 118. The van der Waals surface area contributed by atoms with E-state index in [0.29, 0.717) is 0 Å². The lowest BCUT2D eigenvalue weighted by Crippen LogP contribution is -2.28. The Balaban J connectivity index is 3.43. The molecule has 1 heteroatoms. The van der Waals surface area contributed by atoms with Crippen LogP contribution in [0.5, 0.6) is 0 Å². The average molecular weight is 199 g/mol. The van der Waals surface area contributed by atoms with Gasteiger partial charge in [-0.1, -0.05) is 47.5 Å². The zero-order valence-electron chi connectivity index (χ0n) is 10.8. The molecule has 0 saturated heterocycles. The molecule has 0 bridgehead atoms. The molecule has 86 valence electrons. The van der Waals surface area contributed by atoms with Crippen molar-refractivity contribution in [3.05, 3.63) is 0 Å². The van der Waals surface area contributed by atoms with Gasteiger partial charge in [0.05, 0.1) is 0 Å². The van der Waals surface area contributed by atoms with Crippen LogP contribution in [0.3, 0.4) is 0 Å². The molecular formula is C13H29N. The van der Waals surface area contributed by atoms with Gasteiger partial charge in [0, 0.05) is 6.54 Å². The summed E-state index contributed by atoms with van der Waals surface area (Å²) < 4.78 is 0. The minimum Gasteiger partial charge on any atom is -0.303 e. The van der Waals surface area contributed by atoms with Crippen molar-refractivity contribution in [1.29, 1.82) is 0 Å². The minimum absolute atomic E-state index is 0.806. The van der Waals surface area contributed by atoms with Gasteiger partial charge in [-0.25, -0.2) is 0 Å². The monoisotopic (exact) mass is 199 g/mol. The Kier molecular flexibility index (Phi) is 8.26. The van der Waals surface area contributed by atoms with E-state index in [1.165, 1.54) is 38.9 Å². The molecule has 0 aromatic heterocycles. The van der Waals surface area contributed by atoms with Gasteiger partial charge >= 0.3 is 0 Å². The summed E-state index contributed by atoms with van der Waals surface area (Å²) in [4.78, 5) is 2.57. The third-order valence-corrected chi connectivity index (χ3v) is 2.58. The summed E-state index contributed by atoms with van der Waals surface area (Å²) in [5.74, 6) is 1.68. The Morgan fingerprint density at radius 1 is 0.929 bits per heavy atom. The first-order valence-corrected chi connectivity index (χ1v) is 6.28. The van der Waals surface area contributed by atoms with E-state index < -0.39 is 0 Å². The predicted octanol–water partition coefficient (Wildman–Crippen LogP) is 3.79. The summed E-state index contributed by atoms with van der Waals surface area (Å²) in [5, 5.41) is 0. The normalized spacial score (nSPS) is 12.0. The Morgan fingerprint density at radius 3 is 2.00 bits per heavy atom. The maximum atomic E-state index is 2.57. The highest BCUT2D eigenvalue weighted by Crippen LogP contribution is 2.07. The Hall–Kier alpha value is -0.0400. The number of nitrogens with zero attached hydrogens (tertiary/aromatic N) is 1. The fraction of sp³-hybridized carbons (Fsp3) is 1.00. The van der Waals surface area contributed by atoms with Crippen molar-refractivity contribution in [3.63, 3.8) is 0 Å². The third kappa shape index (κ3) is 8.55. The van der Waals surface area contributed by atoms with Crippen LogP contribution in [0.25, 0.3) is 0 Å². The van der Waals surface area contributed by atoms with Crippen LogP contribution in [0.15, 0.2) is 0 Å². The zero-order chi connectivity index (χ0) is 11.0. The molecule has 0 heterocycles. The molecule has 0 aromatic rings. The fourth-order valence-corrected chi connectivity index (χ4v) is 1.78. The van der Waals surface area contributed by atoms with Crippen LogP contribution in [0.2, 0.25) is 0 Å². The summed E-state index contributed by atoms with van der Waals surface area (Å²) in [6.07, 6.45) is 4.16. The van der Waals surface area contributed by atoms with Crippen molar-refractivity contribution >= 4 is 0 Å². The lowest BCUT2D eigenvalue weighted by Gasteiger charge is -2.22. The highest BCUT2D eigenvalue weighted by atomic mass is 15.1. The number of unbranched alkanes of at least 4 members (excludes halogenated alkanes) is 1. The first-order valence-electron chi connectivity index (χ1n) is 6.28. The summed E-state index contributed by atoms with van der Waals surface area (Å²) >= 11 is 0. The van der Waals surface area contributed by atoms with Crippen molar-refractivity contribution in [1.82, 2.24) is 4.90 Å². The minimum atomic E-state index is 0.806. The SMILES string of the molecule is CCN(CCCCC(C)C)CC(C)C. The van der Waals surface area contributed by atoms with Gasteiger partial charge in [-0.05, 0) is 31.3 Å². The molecule has 0 saturated carbocycles. The smallest absolute Gasteiger partial charge is 0.000427 e. The zero-order valence-corrected chi connectivity index (χ0v) is 10.8. The quantitative estimate of drug-likeness (QED) is 0.538. The molecule has 0 atom stereocenters. The molecule has 0 rings (SSSR count). The Morgan fingerprint density at radius 2 is 1.57 bits per heavy atom. The van der Waals surface area contributed by atoms with Crippen molar-refractivity contribution < 1.29 is 0 Å². The average Bonchev–Trinajstić information content (AvgIpc) is 2.09. The molecule has 0 N–H and O–H groups in total. The standard InChI is InChI=1S/C13H29N/c1-6-14(11-13(4)5)10-8-7-9-12(2)3/h12-13H,6-11H2,1-5H3. The largest absolute Gasteiger partial charge is 0.303 e. The highest BCUT2D eigenvalue weighted by Gasteiger charge is 2.04. The van der Waals surface area contributed by atoms with Crippen LogP contribution in [0.1, 0.15) is 53.9 Å². The second kappa shape index (κ2) is 8.28. The van der Waals surface area contributed by atoms with Gasteiger partial charge in [-0.15, -0.1) is 0 Å². The maximum Gasteiger partial charge on any atom is 0.000427 e. The fourth-order valence-electron chi connectivity index (χ4n) is 1.78. The molecule has 0 unspecified atom stereocenters. The van der Waals surface area contributed by atoms with E-state index in [9.17, 15) is 0 Å². The lowest BCUT2D eigenvalue weighted by molar-refractivity contribution is 0.249. The second-order valence-electron chi connectivity index (χ2n) is 5.18. The van der Waals surface area contributed by atoms with Crippen LogP contribution in [-0.2, 0) is 0 Å². The molecule has 0 amide bonds. The number of hydrogen-bond donors (Lipinski definition) is 0. The van der Waals surface area contributed by atoms with E-state index in [0.717, 1.165) is 11.8 Å². The number of hydrogen-bond acceptors (Lipinski definition) is 1. The molecule has 1 nitrogen and oxygen atoms in total. The van der Waals surface area contributed by atoms with Crippen molar-refractivity contribution in [2.75, 3.05) is 19.6 Å². The molecule has 0 fully saturated rings. The summed E-state index contributed by atoms with van der Waals surface area (Å²) in [6.45, 7) is 15.3. The maximum absolute atomic E-state index is 2.57. The van der Waals surface area contributed by atoms with Crippen molar-refractivity contribution in [2.45, 2.75) is 53.9 Å². The van der Waals surface area contributed by atoms with Gasteiger partial charge in [0.1, 0.15) is 0 Å². The highest BCUT2D eigenvalue weighted by molar-refractivity contribution is 4.58. The molecule has 0 aliphatic heterocycles. The van der Waals surface area contributed by atoms with Crippen LogP contribution < -0.4 is 0 Å². The molecular weight excluding hydrogens is 170 g/mol. The van der Waals surface area contributed by atoms with Gasteiger partial charge in [0.15, 0.2) is 0 Å².